The average molecular weight is 587 g/mol. The first-order valence-electron chi connectivity index (χ1n) is 14.1. The van der Waals surface area contributed by atoms with Crippen LogP contribution in [0.2, 0.25) is 0 Å². The molecule has 3 amide bonds. The number of primary amides is 1. The summed E-state index contributed by atoms with van der Waals surface area (Å²) in [5.74, 6) is -2.30. The number of amides is 3. The van der Waals surface area contributed by atoms with E-state index in [9.17, 15) is 14.4 Å². The first kappa shape index (κ1) is 32.6. The molecule has 228 valence electrons. The van der Waals surface area contributed by atoms with Crippen molar-refractivity contribution in [2.75, 3.05) is 6.54 Å². The summed E-state index contributed by atoms with van der Waals surface area (Å²) in [6, 6.07) is 19.0. The van der Waals surface area contributed by atoms with Crippen molar-refractivity contribution in [1.82, 2.24) is 10.6 Å². The van der Waals surface area contributed by atoms with E-state index >= 15 is 0 Å². The first-order chi connectivity index (χ1) is 20.3. The molecule has 3 aromatic carbocycles. The molecule has 0 aliphatic rings. The minimum Gasteiger partial charge on any atom is -0.384 e. The van der Waals surface area contributed by atoms with Gasteiger partial charge in [-0.3, -0.25) is 24.8 Å². The van der Waals surface area contributed by atoms with Crippen LogP contribution < -0.4 is 33.6 Å². The SMILES string of the molecule is CC(C)(C)[C@H](NC(=O)C(Cc1ccc(C(=N)N)cc1)c1ccc2ccccc2c1)C(=O)N[C@@H](CCCN=C(N)N)C(N)=O. The minimum atomic E-state index is -0.970. The summed E-state index contributed by atoms with van der Waals surface area (Å²) in [5, 5.41) is 15.4. The Labute approximate surface area is 252 Å². The van der Waals surface area contributed by atoms with Gasteiger partial charge in [0.1, 0.15) is 17.9 Å². The number of hydrogen-bond donors (Lipinski definition) is 7. The molecule has 3 atom stereocenters. The molecule has 11 nitrogen and oxygen atoms in total. The van der Waals surface area contributed by atoms with E-state index in [1.54, 1.807) is 12.1 Å². The number of aliphatic imine (C=N–C) groups is 1. The van der Waals surface area contributed by atoms with E-state index < -0.39 is 35.2 Å². The van der Waals surface area contributed by atoms with Crippen LogP contribution in [-0.4, -0.2) is 48.1 Å². The van der Waals surface area contributed by atoms with E-state index in [-0.39, 0.29) is 30.7 Å². The van der Waals surface area contributed by atoms with Crippen LogP contribution in [0.15, 0.2) is 71.7 Å². The number of nitrogens with one attached hydrogen (secondary N) is 3. The lowest BCUT2D eigenvalue weighted by atomic mass is 9.84. The molecule has 0 fully saturated rings. The summed E-state index contributed by atoms with van der Waals surface area (Å²) >= 11 is 0. The van der Waals surface area contributed by atoms with Gasteiger partial charge in [-0.1, -0.05) is 87.5 Å². The Kier molecular flexibility index (Phi) is 10.8. The van der Waals surface area contributed by atoms with Gasteiger partial charge < -0.3 is 33.6 Å². The highest BCUT2D eigenvalue weighted by molar-refractivity contribution is 5.95. The van der Waals surface area contributed by atoms with Gasteiger partial charge in [0, 0.05) is 12.1 Å². The van der Waals surface area contributed by atoms with E-state index in [1.165, 1.54) is 0 Å². The monoisotopic (exact) mass is 586 g/mol. The van der Waals surface area contributed by atoms with Crippen molar-refractivity contribution < 1.29 is 14.4 Å². The number of carbonyl (C=O) groups is 3. The van der Waals surface area contributed by atoms with Crippen LogP contribution in [0.3, 0.4) is 0 Å². The predicted molar refractivity (Wildman–Crippen MR) is 170 cm³/mol. The summed E-state index contributed by atoms with van der Waals surface area (Å²) in [6.45, 7) is 5.78. The number of amidine groups is 1. The molecule has 11 N–H and O–H groups in total. The van der Waals surface area contributed by atoms with Crippen molar-refractivity contribution in [3.8, 4) is 0 Å². The summed E-state index contributed by atoms with van der Waals surface area (Å²) in [7, 11) is 0. The Morgan fingerprint density at radius 3 is 2.09 bits per heavy atom. The molecule has 3 aromatic rings. The van der Waals surface area contributed by atoms with E-state index in [2.05, 4.69) is 15.6 Å². The molecular weight excluding hydrogens is 544 g/mol. The quantitative estimate of drug-likeness (QED) is 0.0902. The predicted octanol–water partition coefficient (Wildman–Crippen LogP) is 2.00. The number of nitrogen functional groups attached to an aromatic ring is 1. The highest BCUT2D eigenvalue weighted by Crippen LogP contribution is 2.28. The van der Waals surface area contributed by atoms with E-state index in [0.717, 1.165) is 21.9 Å². The molecule has 0 aliphatic carbocycles. The summed E-state index contributed by atoms with van der Waals surface area (Å²) in [6.07, 6.45) is 0.999. The molecule has 11 heteroatoms. The standard InChI is InChI=1S/C32H42N8O3/c1-32(2,3)26(30(43)39-25(28(35)41)9-6-16-38-31(36)37)40-29(42)24(17-19-10-12-21(13-11-19)27(33)34)23-15-14-20-7-4-5-8-22(20)18-23/h4-5,7-8,10-15,18,24-26H,6,9,16-17H2,1-3H3,(H3,33,34)(H2,35,41)(H,39,43)(H,40,42)(H4,36,37,38)/t24?,25-,26+/m0/s1. The van der Waals surface area contributed by atoms with Crippen LogP contribution in [0.5, 0.6) is 0 Å². The molecule has 0 aliphatic heterocycles. The highest BCUT2D eigenvalue weighted by Gasteiger charge is 2.36. The van der Waals surface area contributed by atoms with Gasteiger partial charge in [0.25, 0.3) is 0 Å². The number of fused-ring (bicyclic) bond motifs is 1. The fourth-order valence-corrected chi connectivity index (χ4v) is 4.80. The van der Waals surface area contributed by atoms with Crippen LogP contribution in [-0.2, 0) is 20.8 Å². The van der Waals surface area contributed by atoms with Crippen LogP contribution in [0.1, 0.15) is 56.2 Å². The second kappa shape index (κ2) is 14.3. The molecule has 0 radical (unpaired) electrons. The number of nitrogens with zero attached hydrogens (tertiary/aromatic N) is 1. The number of carbonyl (C=O) groups excluding carboxylic acids is 3. The lowest BCUT2D eigenvalue weighted by molar-refractivity contribution is -0.134. The molecular formula is C32H42N8O3. The van der Waals surface area contributed by atoms with Crippen molar-refractivity contribution in [1.29, 1.82) is 5.41 Å². The molecule has 0 aromatic heterocycles. The minimum absolute atomic E-state index is 0.0418. The van der Waals surface area contributed by atoms with Crippen LogP contribution in [0, 0.1) is 10.8 Å². The van der Waals surface area contributed by atoms with Gasteiger partial charge in [-0.05, 0) is 46.6 Å². The van der Waals surface area contributed by atoms with Gasteiger partial charge in [0.05, 0.1) is 5.92 Å². The molecule has 0 heterocycles. The average Bonchev–Trinajstić information content (AvgIpc) is 2.95. The second-order valence-electron chi connectivity index (χ2n) is 11.7. The zero-order chi connectivity index (χ0) is 31.7. The van der Waals surface area contributed by atoms with Crippen LogP contribution in [0.4, 0.5) is 0 Å². The van der Waals surface area contributed by atoms with Crippen LogP contribution in [0.25, 0.3) is 10.8 Å². The normalized spacial score (nSPS) is 13.4. The molecule has 0 saturated heterocycles. The number of guanidine groups is 1. The van der Waals surface area contributed by atoms with Crippen molar-refractivity contribution in [2.24, 2.45) is 33.3 Å². The lowest BCUT2D eigenvalue weighted by Gasteiger charge is -2.33. The van der Waals surface area contributed by atoms with Gasteiger partial charge in [-0.15, -0.1) is 0 Å². The number of benzene rings is 3. The smallest absolute Gasteiger partial charge is 0.243 e. The highest BCUT2D eigenvalue weighted by atomic mass is 16.2. The fraction of sp³-hybridized carbons (Fsp3) is 0.344. The number of rotatable bonds is 13. The summed E-state index contributed by atoms with van der Waals surface area (Å²) < 4.78 is 0. The topological polar surface area (TPSA) is 216 Å². The summed E-state index contributed by atoms with van der Waals surface area (Å²) in [4.78, 5) is 43.6. The first-order valence-corrected chi connectivity index (χ1v) is 14.1. The third-order valence-corrected chi connectivity index (χ3v) is 7.22. The maximum atomic E-state index is 14.0. The van der Waals surface area contributed by atoms with E-state index in [1.807, 2.05) is 75.4 Å². The Balaban J connectivity index is 1.89. The molecule has 0 spiro atoms. The molecule has 43 heavy (non-hydrogen) atoms. The van der Waals surface area contributed by atoms with Gasteiger partial charge in [0.2, 0.25) is 17.7 Å². The van der Waals surface area contributed by atoms with Crippen molar-refractivity contribution in [2.45, 2.75) is 58.0 Å². The van der Waals surface area contributed by atoms with Crippen molar-refractivity contribution in [3.05, 3.63) is 83.4 Å². The van der Waals surface area contributed by atoms with Gasteiger partial charge in [-0.25, -0.2) is 0 Å². The van der Waals surface area contributed by atoms with Crippen LogP contribution >= 0.6 is 0 Å². The van der Waals surface area contributed by atoms with Crippen molar-refractivity contribution >= 4 is 40.3 Å². The lowest BCUT2D eigenvalue weighted by Crippen LogP contribution is -2.58. The molecule has 0 bridgehead atoms. The number of nitrogens with two attached hydrogens (primary N) is 4. The fourth-order valence-electron chi connectivity index (χ4n) is 4.80. The Bertz CT molecular complexity index is 1490. The zero-order valence-electron chi connectivity index (χ0n) is 24.9. The van der Waals surface area contributed by atoms with E-state index in [0.29, 0.717) is 18.4 Å². The van der Waals surface area contributed by atoms with Crippen molar-refractivity contribution in [3.63, 3.8) is 0 Å². The molecule has 0 saturated carbocycles. The Morgan fingerprint density at radius 1 is 0.860 bits per heavy atom. The number of hydrogen-bond acceptors (Lipinski definition) is 5. The Hall–Kier alpha value is -4.93. The van der Waals surface area contributed by atoms with Gasteiger partial charge in [-0.2, -0.15) is 0 Å². The molecule has 3 rings (SSSR count). The zero-order valence-corrected chi connectivity index (χ0v) is 24.9. The second-order valence-corrected chi connectivity index (χ2v) is 11.7. The largest absolute Gasteiger partial charge is 0.384 e. The maximum Gasteiger partial charge on any atom is 0.243 e. The third-order valence-electron chi connectivity index (χ3n) is 7.22. The maximum absolute atomic E-state index is 14.0. The van der Waals surface area contributed by atoms with Gasteiger partial charge >= 0.3 is 0 Å². The van der Waals surface area contributed by atoms with E-state index in [4.69, 9.17) is 28.3 Å². The third kappa shape index (κ3) is 9.29. The van der Waals surface area contributed by atoms with Gasteiger partial charge in [0.15, 0.2) is 5.96 Å². The summed E-state index contributed by atoms with van der Waals surface area (Å²) in [5.41, 5.74) is 23.4. The Morgan fingerprint density at radius 2 is 1.51 bits per heavy atom. The molecule has 1 unspecified atom stereocenters.